The van der Waals surface area contributed by atoms with E-state index in [0.717, 1.165) is 35.0 Å². The number of rotatable bonds is 2. The molecule has 4 nitrogen and oxygen atoms in total. The summed E-state index contributed by atoms with van der Waals surface area (Å²) in [7, 11) is 0. The lowest BCUT2D eigenvalue weighted by atomic mass is 9.86. The van der Waals surface area contributed by atoms with Crippen molar-refractivity contribution in [1.29, 1.82) is 0 Å². The topological polar surface area (TPSA) is 49.4 Å². The van der Waals surface area contributed by atoms with Gasteiger partial charge in [-0.25, -0.2) is 0 Å². The molecular weight excluding hydrogens is 352 g/mol. The summed E-state index contributed by atoms with van der Waals surface area (Å²) in [6.45, 7) is 4.13. The van der Waals surface area contributed by atoms with Crippen molar-refractivity contribution in [3.8, 4) is 0 Å². The number of halogens is 1. The number of hydrogen-bond donors (Lipinski definition) is 1. The van der Waals surface area contributed by atoms with Crippen molar-refractivity contribution in [3.63, 3.8) is 0 Å². The molecule has 0 aromatic carbocycles. The molecule has 3 rings (SSSR count). The molecule has 21 heavy (non-hydrogen) atoms. The van der Waals surface area contributed by atoms with Crippen LogP contribution in [0.25, 0.3) is 0 Å². The van der Waals surface area contributed by atoms with Crippen LogP contribution in [-0.2, 0) is 16.1 Å². The summed E-state index contributed by atoms with van der Waals surface area (Å²) in [6, 6.07) is 1.98. The highest BCUT2D eigenvalue weighted by atomic mass is 79.9. The minimum atomic E-state index is -0.811. The maximum Gasteiger partial charge on any atom is 0.249 e. The van der Waals surface area contributed by atoms with Gasteiger partial charge in [-0.05, 0) is 54.1 Å². The van der Waals surface area contributed by atoms with Gasteiger partial charge in [-0.1, -0.05) is 12.8 Å². The van der Waals surface area contributed by atoms with Gasteiger partial charge in [0.15, 0.2) is 0 Å². The zero-order chi connectivity index (χ0) is 15.3. The quantitative estimate of drug-likeness (QED) is 0.869. The number of nitrogens with zero attached hydrogens (tertiary/aromatic N) is 1. The van der Waals surface area contributed by atoms with E-state index in [1.54, 1.807) is 16.2 Å². The van der Waals surface area contributed by atoms with Gasteiger partial charge >= 0.3 is 0 Å². The molecule has 1 spiro atoms. The van der Waals surface area contributed by atoms with Crippen LogP contribution in [0.15, 0.2) is 15.9 Å². The summed E-state index contributed by atoms with van der Waals surface area (Å²) in [5, 5.41) is 5.01. The van der Waals surface area contributed by atoms with Crippen molar-refractivity contribution in [2.45, 2.75) is 57.2 Å². The second-order valence-electron chi connectivity index (χ2n) is 6.39. The van der Waals surface area contributed by atoms with E-state index in [4.69, 9.17) is 0 Å². The van der Waals surface area contributed by atoms with Crippen LogP contribution in [0, 0.1) is 0 Å². The van der Waals surface area contributed by atoms with Crippen molar-refractivity contribution in [1.82, 2.24) is 10.2 Å². The number of amides is 2. The first kappa shape index (κ1) is 15.0. The normalized spacial score (nSPS) is 23.7. The SMILES string of the molecule is CC1(C)C(=O)NC2(CCCC2)C(=O)N1Cc1sccc1Br. The van der Waals surface area contributed by atoms with Gasteiger partial charge in [-0.15, -0.1) is 11.3 Å². The minimum absolute atomic E-state index is 0.0447. The molecule has 2 fully saturated rings. The van der Waals surface area contributed by atoms with E-state index < -0.39 is 11.1 Å². The lowest BCUT2D eigenvalue weighted by molar-refractivity contribution is -0.161. The molecule has 1 saturated heterocycles. The highest BCUT2D eigenvalue weighted by Crippen LogP contribution is 2.39. The third-order valence-corrected chi connectivity index (χ3v) is 6.60. The Morgan fingerprint density at radius 3 is 2.57 bits per heavy atom. The van der Waals surface area contributed by atoms with Crippen LogP contribution in [0.4, 0.5) is 0 Å². The summed E-state index contributed by atoms with van der Waals surface area (Å²) in [5.41, 5.74) is -1.47. The zero-order valence-electron chi connectivity index (χ0n) is 12.2. The lowest BCUT2D eigenvalue weighted by Crippen LogP contribution is -2.73. The molecule has 0 atom stereocenters. The molecule has 1 N–H and O–H groups in total. The summed E-state index contributed by atoms with van der Waals surface area (Å²) in [6.07, 6.45) is 3.53. The molecule has 2 amide bonds. The second-order valence-corrected chi connectivity index (χ2v) is 8.24. The van der Waals surface area contributed by atoms with E-state index in [9.17, 15) is 9.59 Å². The van der Waals surface area contributed by atoms with E-state index in [0.29, 0.717) is 6.54 Å². The molecule has 1 saturated carbocycles. The van der Waals surface area contributed by atoms with Gasteiger partial charge in [0.05, 0.1) is 6.54 Å². The average molecular weight is 371 g/mol. The number of thiophene rings is 1. The fraction of sp³-hybridized carbons (Fsp3) is 0.600. The molecule has 114 valence electrons. The first-order valence-corrected chi connectivity index (χ1v) is 8.91. The summed E-state index contributed by atoms with van der Waals surface area (Å²) in [5.74, 6) is 0.0292. The van der Waals surface area contributed by atoms with Gasteiger partial charge in [0.1, 0.15) is 11.1 Å². The fourth-order valence-electron chi connectivity index (χ4n) is 3.23. The van der Waals surface area contributed by atoms with Crippen LogP contribution in [0.2, 0.25) is 0 Å². The summed E-state index contributed by atoms with van der Waals surface area (Å²) in [4.78, 5) is 28.4. The first-order chi connectivity index (χ1) is 9.87. The van der Waals surface area contributed by atoms with Crippen LogP contribution in [0.1, 0.15) is 44.4 Å². The van der Waals surface area contributed by atoms with Crippen molar-refractivity contribution >= 4 is 39.1 Å². The molecular formula is C15H19BrN2O2S. The Kier molecular flexibility index (Phi) is 3.64. The Morgan fingerprint density at radius 2 is 2.00 bits per heavy atom. The van der Waals surface area contributed by atoms with Gasteiger partial charge in [-0.3, -0.25) is 9.59 Å². The summed E-state index contributed by atoms with van der Waals surface area (Å²) >= 11 is 5.12. The van der Waals surface area contributed by atoms with Crippen molar-refractivity contribution < 1.29 is 9.59 Å². The van der Waals surface area contributed by atoms with Gasteiger partial charge in [0.2, 0.25) is 11.8 Å². The van der Waals surface area contributed by atoms with Crippen LogP contribution >= 0.6 is 27.3 Å². The first-order valence-electron chi connectivity index (χ1n) is 7.23. The van der Waals surface area contributed by atoms with E-state index in [1.807, 2.05) is 25.3 Å². The van der Waals surface area contributed by atoms with Crippen LogP contribution in [0.3, 0.4) is 0 Å². The van der Waals surface area contributed by atoms with E-state index in [2.05, 4.69) is 21.2 Å². The Hall–Kier alpha value is -0.880. The van der Waals surface area contributed by atoms with Crippen LogP contribution < -0.4 is 5.32 Å². The molecule has 2 heterocycles. The highest BCUT2D eigenvalue weighted by molar-refractivity contribution is 9.10. The van der Waals surface area contributed by atoms with Gasteiger partial charge in [-0.2, -0.15) is 0 Å². The highest BCUT2D eigenvalue weighted by Gasteiger charge is 2.55. The molecule has 0 bridgehead atoms. The standard InChI is InChI=1S/C15H19BrN2O2S/c1-14(2)12(19)17-15(6-3-4-7-15)13(20)18(14)9-11-10(16)5-8-21-11/h5,8H,3-4,6-7,9H2,1-2H3,(H,17,19). The molecule has 1 aliphatic carbocycles. The van der Waals surface area contributed by atoms with Crippen molar-refractivity contribution in [2.24, 2.45) is 0 Å². The number of carbonyl (C=O) groups excluding carboxylic acids is 2. The predicted octanol–water partition coefficient (Wildman–Crippen LogP) is 3.06. The number of piperazine rings is 1. The third-order valence-electron chi connectivity index (χ3n) is 4.69. The lowest BCUT2D eigenvalue weighted by Gasteiger charge is -2.48. The minimum Gasteiger partial charge on any atom is -0.340 e. The number of nitrogens with one attached hydrogen (secondary N) is 1. The monoisotopic (exact) mass is 370 g/mol. The van der Waals surface area contributed by atoms with Crippen molar-refractivity contribution in [2.75, 3.05) is 0 Å². The zero-order valence-corrected chi connectivity index (χ0v) is 14.6. The smallest absolute Gasteiger partial charge is 0.249 e. The molecule has 1 aromatic rings. The maximum atomic E-state index is 13.0. The Morgan fingerprint density at radius 1 is 1.33 bits per heavy atom. The van der Waals surface area contributed by atoms with Crippen LogP contribution in [0.5, 0.6) is 0 Å². The van der Waals surface area contributed by atoms with E-state index in [-0.39, 0.29) is 11.8 Å². The molecule has 1 aliphatic heterocycles. The average Bonchev–Trinajstić information content (AvgIpc) is 3.04. The molecule has 0 radical (unpaired) electrons. The third kappa shape index (κ3) is 2.32. The van der Waals surface area contributed by atoms with Crippen molar-refractivity contribution in [3.05, 3.63) is 20.8 Å². The summed E-state index contributed by atoms with van der Waals surface area (Å²) < 4.78 is 1.00. The number of hydrogen-bond acceptors (Lipinski definition) is 3. The Bertz CT molecular complexity index is 590. The predicted molar refractivity (Wildman–Crippen MR) is 86.0 cm³/mol. The molecule has 0 unspecified atom stereocenters. The largest absolute Gasteiger partial charge is 0.340 e. The van der Waals surface area contributed by atoms with E-state index >= 15 is 0 Å². The van der Waals surface area contributed by atoms with Gasteiger partial charge < -0.3 is 10.2 Å². The molecule has 2 aliphatic rings. The second kappa shape index (κ2) is 5.09. The molecule has 1 aromatic heterocycles. The molecule has 6 heteroatoms. The number of carbonyl (C=O) groups is 2. The van der Waals surface area contributed by atoms with Crippen LogP contribution in [-0.4, -0.2) is 27.8 Å². The Balaban J connectivity index is 1.96. The fourth-order valence-corrected chi connectivity index (χ4v) is 4.69. The van der Waals surface area contributed by atoms with Gasteiger partial charge in [0.25, 0.3) is 0 Å². The van der Waals surface area contributed by atoms with E-state index in [1.165, 1.54) is 0 Å². The maximum absolute atomic E-state index is 13.0. The van der Waals surface area contributed by atoms with Gasteiger partial charge in [0, 0.05) is 9.35 Å². The Labute approximate surface area is 137 Å².